The van der Waals surface area contributed by atoms with Crippen molar-refractivity contribution in [2.45, 2.75) is 50.8 Å². The second-order valence-electron chi connectivity index (χ2n) is 6.18. The van der Waals surface area contributed by atoms with Crippen molar-refractivity contribution in [3.63, 3.8) is 0 Å². The summed E-state index contributed by atoms with van der Waals surface area (Å²) in [6.07, 6.45) is 2.88. The summed E-state index contributed by atoms with van der Waals surface area (Å²) in [5.41, 5.74) is 0.750. The summed E-state index contributed by atoms with van der Waals surface area (Å²) in [5, 5.41) is 16.9. The van der Waals surface area contributed by atoms with E-state index < -0.39 is 0 Å². The van der Waals surface area contributed by atoms with Crippen LogP contribution in [-0.4, -0.2) is 23.3 Å². The summed E-state index contributed by atoms with van der Waals surface area (Å²) in [4.78, 5) is 12.1. The molecule has 5 nitrogen and oxygen atoms in total. The number of carbonyl (C=O) groups excluding carboxylic acids is 1. The molecular formula is C17H21ClN2O3. The topological polar surface area (TPSA) is 74.5 Å². The number of nitrogens with one attached hydrogen (secondary N) is 2. The summed E-state index contributed by atoms with van der Waals surface area (Å²) < 4.78 is 5.76. The average Bonchev–Trinajstić information content (AvgIpc) is 2.92. The number of aliphatic hydroxyl groups excluding tert-OH is 1. The highest BCUT2D eigenvalue weighted by atomic mass is 35.5. The normalized spacial score (nSPS) is 22.7. The fourth-order valence-corrected chi connectivity index (χ4v) is 3.14. The summed E-state index contributed by atoms with van der Waals surface area (Å²) in [6.45, 7) is 1.88. The molecule has 1 aliphatic carbocycles. The molecule has 1 aromatic heterocycles. The molecule has 1 aromatic carbocycles. The summed E-state index contributed by atoms with van der Waals surface area (Å²) in [6, 6.07) is 7.00. The van der Waals surface area contributed by atoms with E-state index >= 15 is 0 Å². The lowest BCUT2D eigenvalue weighted by atomic mass is 9.93. The van der Waals surface area contributed by atoms with E-state index in [4.69, 9.17) is 16.0 Å². The molecule has 23 heavy (non-hydrogen) atoms. The number of hydrogen-bond donors (Lipinski definition) is 3. The quantitative estimate of drug-likeness (QED) is 0.799. The number of aliphatic hydroxyl groups is 1. The lowest BCUT2D eigenvalue weighted by Gasteiger charge is -2.26. The minimum Gasteiger partial charge on any atom is -0.459 e. The molecule has 2 aromatic rings. The van der Waals surface area contributed by atoms with Crippen LogP contribution in [0.15, 0.2) is 28.7 Å². The van der Waals surface area contributed by atoms with Crippen LogP contribution in [0.4, 0.5) is 4.79 Å². The number of urea groups is 1. The number of rotatable bonds is 3. The molecule has 6 heteroatoms. The first-order chi connectivity index (χ1) is 11.0. The Kier molecular flexibility index (Phi) is 4.78. The molecule has 0 bridgehead atoms. The molecular weight excluding hydrogens is 316 g/mol. The van der Waals surface area contributed by atoms with Crippen molar-refractivity contribution in [1.29, 1.82) is 0 Å². The predicted molar refractivity (Wildman–Crippen MR) is 89.6 cm³/mol. The maximum absolute atomic E-state index is 12.1. The van der Waals surface area contributed by atoms with Crippen molar-refractivity contribution in [3.8, 4) is 0 Å². The van der Waals surface area contributed by atoms with Crippen molar-refractivity contribution in [1.82, 2.24) is 10.6 Å². The average molecular weight is 337 g/mol. The van der Waals surface area contributed by atoms with E-state index in [1.54, 1.807) is 6.07 Å². The zero-order chi connectivity index (χ0) is 16.4. The Morgan fingerprint density at radius 1 is 1.30 bits per heavy atom. The Balaban J connectivity index is 1.58. The van der Waals surface area contributed by atoms with Crippen LogP contribution in [0.5, 0.6) is 0 Å². The van der Waals surface area contributed by atoms with Gasteiger partial charge in [0.25, 0.3) is 0 Å². The number of halogens is 1. The lowest BCUT2D eigenvalue weighted by molar-refractivity contribution is 0.117. The lowest BCUT2D eigenvalue weighted by Crippen LogP contribution is -2.44. The van der Waals surface area contributed by atoms with Crippen LogP contribution in [0.25, 0.3) is 11.0 Å². The van der Waals surface area contributed by atoms with Gasteiger partial charge in [-0.3, -0.25) is 0 Å². The smallest absolute Gasteiger partial charge is 0.315 e. The molecule has 124 valence electrons. The predicted octanol–water partition coefficient (Wildman–Crippen LogP) is 3.75. The monoisotopic (exact) mass is 336 g/mol. The number of furan rings is 1. The number of amides is 2. The maximum atomic E-state index is 12.1. The number of benzene rings is 1. The minimum atomic E-state index is -0.240. The molecule has 3 N–H and O–H groups in total. The van der Waals surface area contributed by atoms with E-state index in [1.807, 2.05) is 25.1 Å². The maximum Gasteiger partial charge on any atom is 0.315 e. The van der Waals surface area contributed by atoms with Gasteiger partial charge in [-0.25, -0.2) is 4.79 Å². The Bertz CT molecular complexity index is 692. The van der Waals surface area contributed by atoms with Crippen molar-refractivity contribution in [3.05, 3.63) is 35.0 Å². The second-order valence-corrected chi connectivity index (χ2v) is 6.61. The molecule has 1 saturated carbocycles. The van der Waals surface area contributed by atoms with Crippen LogP contribution in [0.3, 0.4) is 0 Å². The highest BCUT2D eigenvalue weighted by molar-refractivity contribution is 6.31. The van der Waals surface area contributed by atoms with E-state index in [9.17, 15) is 9.90 Å². The highest BCUT2D eigenvalue weighted by Gasteiger charge is 2.22. The van der Waals surface area contributed by atoms with Crippen LogP contribution in [-0.2, 0) is 0 Å². The fourth-order valence-electron chi connectivity index (χ4n) is 2.96. The Hall–Kier alpha value is -1.72. The van der Waals surface area contributed by atoms with Crippen molar-refractivity contribution in [2.24, 2.45) is 0 Å². The molecule has 0 aliphatic heterocycles. The standard InChI is InChI=1S/C17H21ClN2O3/c1-10(16-9-11-8-12(18)2-7-15(11)23-16)19-17(22)20-13-3-5-14(21)6-4-13/h2,7-10,13-14,21H,3-6H2,1H3,(H2,19,20,22). The highest BCUT2D eigenvalue weighted by Crippen LogP contribution is 2.26. The van der Waals surface area contributed by atoms with Gasteiger partial charge in [-0.05, 0) is 56.9 Å². The first-order valence-electron chi connectivity index (χ1n) is 7.95. The molecule has 0 radical (unpaired) electrons. The van der Waals surface area contributed by atoms with E-state index in [0.29, 0.717) is 10.8 Å². The van der Waals surface area contributed by atoms with Crippen molar-refractivity contribution in [2.75, 3.05) is 0 Å². The van der Waals surface area contributed by atoms with Crippen molar-refractivity contribution < 1.29 is 14.3 Å². The van der Waals surface area contributed by atoms with Gasteiger partial charge in [0.15, 0.2) is 0 Å². The third-order valence-corrected chi connectivity index (χ3v) is 4.54. The van der Waals surface area contributed by atoms with Crippen LogP contribution >= 0.6 is 11.6 Å². The molecule has 1 fully saturated rings. The number of carbonyl (C=O) groups is 1. The van der Waals surface area contributed by atoms with Gasteiger partial charge in [-0.15, -0.1) is 0 Å². The first kappa shape index (κ1) is 16.1. The Labute approximate surface area is 140 Å². The fraction of sp³-hybridized carbons (Fsp3) is 0.471. The van der Waals surface area contributed by atoms with Crippen molar-refractivity contribution >= 4 is 28.6 Å². The molecule has 1 aliphatic rings. The molecule has 1 unspecified atom stereocenters. The third-order valence-electron chi connectivity index (χ3n) is 4.30. The van der Waals surface area contributed by atoms with Gasteiger partial charge in [0.05, 0.1) is 12.1 Å². The van der Waals surface area contributed by atoms with Gasteiger partial charge in [0.1, 0.15) is 11.3 Å². The van der Waals surface area contributed by atoms with Gasteiger partial charge in [-0.2, -0.15) is 0 Å². The third kappa shape index (κ3) is 3.98. The SMILES string of the molecule is CC(NC(=O)NC1CCC(O)CC1)c1cc2cc(Cl)ccc2o1. The molecule has 2 amide bonds. The van der Waals surface area contributed by atoms with E-state index in [2.05, 4.69) is 10.6 Å². The molecule has 1 heterocycles. The largest absolute Gasteiger partial charge is 0.459 e. The number of fused-ring (bicyclic) bond motifs is 1. The number of hydrogen-bond acceptors (Lipinski definition) is 3. The Morgan fingerprint density at radius 2 is 2.04 bits per heavy atom. The Morgan fingerprint density at radius 3 is 2.78 bits per heavy atom. The van der Waals surface area contributed by atoms with Crippen LogP contribution in [0.1, 0.15) is 44.4 Å². The van der Waals surface area contributed by atoms with Gasteiger partial charge in [-0.1, -0.05) is 11.6 Å². The summed E-state index contributed by atoms with van der Waals surface area (Å²) in [7, 11) is 0. The van der Waals surface area contributed by atoms with Crippen LogP contribution in [0.2, 0.25) is 5.02 Å². The zero-order valence-electron chi connectivity index (χ0n) is 13.0. The van der Waals surface area contributed by atoms with Gasteiger partial charge in [0, 0.05) is 16.5 Å². The summed E-state index contributed by atoms with van der Waals surface area (Å²) >= 11 is 5.97. The van der Waals surface area contributed by atoms with Gasteiger partial charge in [0.2, 0.25) is 0 Å². The van der Waals surface area contributed by atoms with Crippen LogP contribution in [0, 0.1) is 0 Å². The van der Waals surface area contributed by atoms with Crippen LogP contribution < -0.4 is 10.6 Å². The molecule has 0 spiro atoms. The second kappa shape index (κ2) is 6.81. The van der Waals surface area contributed by atoms with E-state index in [-0.39, 0.29) is 24.2 Å². The van der Waals surface area contributed by atoms with Gasteiger partial charge >= 0.3 is 6.03 Å². The first-order valence-corrected chi connectivity index (χ1v) is 8.33. The molecule has 0 saturated heterocycles. The summed E-state index contributed by atoms with van der Waals surface area (Å²) in [5.74, 6) is 0.691. The van der Waals surface area contributed by atoms with Gasteiger partial charge < -0.3 is 20.2 Å². The zero-order valence-corrected chi connectivity index (χ0v) is 13.8. The van der Waals surface area contributed by atoms with E-state index in [1.165, 1.54) is 0 Å². The van der Waals surface area contributed by atoms with E-state index in [0.717, 1.165) is 36.7 Å². The molecule has 3 rings (SSSR count). The molecule has 1 atom stereocenters. The minimum absolute atomic E-state index is 0.125.